The highest BCUT2D eigenvalue weighted by molar-refractivity contribution is 6.43. The third kappa shape index (κ3) is 4.07. The van der Waals surface area contributed by atoms with Crippen LogP contribution in [0.5, 0.6) is 0 Å². The number of amides is 1. The molecule has 0 spiro atoms. The number of anilines is 1. The lowest BCUT2D eigenvalue weighted by atomic mass is 10.0. The van der Waals surface area contributed by atoms with Gasteiger partial charge in [0.25, 0.3) is 5.91 Å². The van der Waals surface area contributed by atoms with Crippen molar-refractivity contribution in [3.05, 3.63) is 40.6 Å². The highest BCUT2D eigenvalue weighted by Gasteiger charge is 2.26. The maximum atomic E-state index is 12.4. The molecule has 0 aliphatic carbocycles. The van der Waals surface area contributed by atoms with Gasteiger partial charge in [0.15, 0.2) is 0 Å². The number of nitrogens with zero attached hydrogens (tertiary/aromatic N) is 2. The summed E-state index contributed by atoms with van der Waals surface area (Å²) in [4.78, 5) is 29.8. The lowest BCUT2D eigenvalue weighted by Gasteiger charge is -2.34. The fraction of sp³-hybridized carbons (Fsp3) is 0.421. The molecule has 3 rings (SSSR count). The number of benzene rings is 1. The Hall–Kier alpha value is -2.34. The van der Waals surface area contributed by atoms with Crippen LogP contribution in [0.2, 0.25) is 0 Å². The predicted molar refractivity (Wildman–Crippen MR) is 102 cm³/mol. The summed E-state index contributed by atoms with van der Waals surface area (Å²) in [6, 6.07) is 7.04. The number of rotatable bonds is 5. The Labute approximate surface area is 157 Å². The minimum atomic E-state index is -0.926. The summed E-state index contributed by atoms with van der Waals surface area (Å²) in [5.74, 6) is -1.07. The first-order chi connectivity index (χ1) is 12.5. The Morgan fingerprint density at radius 3 is 2.69 bits per heavy atom. The van der Waals surface area contributed by atoms with Gasteiger partial charge in [-0.1, -0.05) is 24.6 Å². The highest BCUT2D eigenvalue weighted by atomic mass is 35.5. The molecule has 0 bridgehead atoms. The Bertz CT molecular complexity index is 780. The molecule has 0 aromatic heterocycles. The van der Waals surface area contributed by atoms with Crippen LogP contribution in [0.25, 0.3) is 0 Å². The minimum Gasteiger partial charge on any atom is -0.478 e. The molecule has 138 valence electrons. The number of allylic oxidation sites excluding steroid dienone is 1. The molecule has 7 heteroatoms. The second kappa shape index (κ2) is 7.91. The number of nitrogens with one attached hydrogen (secondary N) is 1. The van der Waals surface area contributed by atoms with Crippen molar-refractivity contribution in [3.8, 4) is 0 Å². The lowest BCUT2D eigenvalue weighted by Crippen LogP contribution is -2.46. The normalized spacial score (nSPS) is 18.1. The van der Waals surface area contributed by atoms with Gasteiger partial charge in [0.2, 0.25) is 0 Å². The zero-order chi connectivity index (χ0) is 18.7. The molecule has 0 radical (unpaired) electrons. The molecule has 1 amide bonds. The standard InChI is InChI=1S/C19H22ClN3O3/c1-2-12-11-16(22-17(12)20)18(24)21-14-6-8-23(9-7-14)15-5-3-4-13(10-15)19(25)26/h3-5,10,14H,2,6-9,11H2,1H3,(H,21,24)(H,25,26). The zero-order valence-electron chi connectivity index (χ0n) is 14.7. The Morgan fingerprint density at radius 1 is 1.35 bits per heavy atom. The number of piperidine rings is 1. The van der Waals surface area contributed by atoms with E-state index in [1.165, 1.54) is 0 Å². The molecule has 1 fully saturated rings. The highest BCUT2D eigenvalue weighted by Crippen LogP contribution is 2.26. The van der Waals surface area contributed by atoms with Gasteiger partial charge in [0.1, 0.15) is 10.9 Å². The SMILES string of the molecule is CCC1=C(Cl)N=C(C(=O)NC2CCN(c3cccc(C(=O)O)c3)CC2)C1. The Morgan fingerprint density at radius 2 is 2.08 bits per heavy atom. The summed E-state index contributed by atoms with van der Waals surface area (Å²) in [5, 5.41) is 12.6. The Kier molecular flexibility index (Phi) is 5.61. The molecule has 0 saturated carbocycles. The van der Waals surface area contributed by atoms with E-state index in [1.807, 2.05) is 13.0 Å². The first kappa shape index (κ1) is 18.5. The molecule has 0 unspecified atom stereocenters. The summed E-state index contributed by atoms with van der Waals surface area (Å²) < 4.78 is 0. The van der Waals surface area contributed by atoms with Crippen molar-refractivity contribution in [2.45, 2.75) is 38.6 Å². The number of carbonyl (C=O) groups is 2. The van der Waals surface area contributed by atoms with Crippen molar-refractivity contribution in [2.75, 3.05) is 18.0 Å². The molecule has 0 atom stereocenters. The molecule has 2 aliphatic rings. The summed E-state index contributed by atoms with van der Waals surface area (Å²) in [6.07, 6.45) is 2.94. The van der Waals surface area contributed by atoms with Crippen molar-refractivity contribution in [1.82, 2.24) is 5.32 Å². The number of hydrogen-bond donors (Lipinski definition) is 2. The molecule has 2 aliphatic heterocycles. The van der Waals surface area contributed by atoms with Crippen LogP contribution >= 0.6 is 11.6 Å². The van der Waals surface area contributed by atoms with Crippen LogP contribution in [0.3, 0.4) is 0 Å². The first-order valence-electron chi connectivity index (χ1n) is 8.82. The third-order valence-electron chi connectivity index (χ3n) is 4.88. The second-order valence-corrected chi connectivity index (χ2v) is 6.93. The predicted octanol–water partition coefficient (Wildman–Crippen LogP) is 3.17. The van der Waals surface area contributed by atoms with E-state index in [-0.39, 0.29) is 17.5 Å². The maximum Gasteiger partial charge on any atom is 0.335 e. The van der Waals surface area contributed by atoms with Gasteiger partial charge in [-0.15, -0.1) is 0 Å². The van der Waals surface area contributed by atoms with Gasteiger partial charge in [0, 0.05) is 31.2 Å². The van der Waals surface area contributed by atoms with Crippen LogP contribution in [-0.2, 0) is 4.79 Å². The van der Waals surface area contributed by atoms with Gasteiger partial charge in [-0.2, -0.15) is 0 Å². The number of hydrogen-bond acceptors (Lipinski definition) is 4. The molecule has 6 nitrogen and oxygen atoms in total. The van der Waals surface area contributed by atoms with Crippen molar-refractivity contribution < 1.29 is 14.7 Å². The van der Waals surface area contributed by atoms with E-state index < -0.39 is 5.97 Å². The smallest absolute Gasteiger partial charge is 0.335 e. The molecule has 2 heterocycles. The number of halogens is 1. The topological polar surface area (TPSA) is 82.0 Å². The maximum absolute atomic E-state index is 12.4. The Balaban J connectivity index is 1.53. The number of aliphatic imine (C=N–C) groups is 1. The van der Waals surface area contributed by atoms with Gasteiger partial charge in [-0.05, 0) is 43.0 Å². The van der Waals surface area contributed by atoms with Crippen LogP contribution in [0.15, 0.2) is 40.0 Å². The summed E-state index contributed by atoms with van der Waals surface area (Å²) in [6.45, 7) is 3.53. The number of carboxylic acids is 1. The fourth-order valence-electron chi connectivity index (χ4n) is 3.30. The summed E-state index contributed by atoms with van der Waals surface area (Å²) >= 11 is 6.05. The van der Waals surface area contributed by atoms with E-state index in [2.05, 4.69) is 15.2 Å². The monoisotopic (exact) mass is 375 g/mol. The van der Waals surface area contributed by atoms with E-state index in [9.17, 15) is 9.59 Å². The molecule has 2 N–H and O–H groups in total. The molecule has 1 saturated heterocycles. The number of aromatic carboxylic acids is 1. The second-order valence-electron chi connectivity index (χ2n) is 6.57. The first-order valence-corrected chi connectivity index (χ1v) is 9.20. The fourth-order valence-corrected chi connectivity index (χ4v) is 3.60. The molecule has 1 aromatic rings. The van der Waals surface area contributed by atoms with Crippen LogP contribution < -0.4 is 10.2 Å². The quantitative estimate of drug-likeness (QED) is 0.774. The van der Waals surface area contributed by atoms with E-state index in [1.54, 1.807) is 18.2 Å². The molecule has 1 aromatic carbocycles. The summed E-state index contributed by atoms with van der Waals surface area (Å²) in [5.41, 5.74) is 2.68. The van der Waals surface area contributed by atoms with Gasteiger partial charge in [0.05, 0.1) is 5.56 Å². The van der Waals surface area contributed by atoms with Crippen molar-refractivity contribution in [1.29, 1.82) is 0 Å². The van der Waals surface area contributed by atoms with Crippen LogP contribution in [0.4, 0.5) is 5.69 Å². The van der Waals surface area contributed by atoms with E-state index >= 15 is 0 Å². The van der Waals surface area contributed by atoms with Crippen LogP contribution in [-0.4, -0.2) is 41.8 Å². The van der Waals surface area contributed by atoms with Gasteiger partial charge in [-0.3, -0.25) is 4.79 Å². The zero-order valence-corrected chi connectivity index (χ0v) is 15.4. The minimum absolute atomic E-state index is 0.0913. The third-order valence-corrected chi connectivity index (χ3v) is 5.23. The molecular weight excluding hydrogens is 354 g/mol. The van der Waals surface area contributed by atoms with Crippen molar-refractivity contribution >= 4 is 34.9 Å². The van der Waals surface area contributed by atoms with Gasteiger partial charge >= 0.3 is 5.97 Å². The average Bonchev–Trinajstić information content (AvgIpc) is 3.03. The molecule has 26 heavy (non-hydrogen) atoms. The number of carbonyl (C=O) groups excluding carboxylic acids is 1. The van der Waals surface area contributed by atoms with E-state index in [4.69, 9.17) is 16.7 Å². The summed E-state index contributed by atoms with van der Waals surface area (Å²) in [7, 11) is 0. The van der Waals surface area contributed by atoms with Crippen LogP contribution in [0, 0.1) is 0 Å². The van der Waals surface area contributed by atoms with E-state index in [0.29, 0.717) is 17.3 Å². The lowest BCUT2D eigenvalue weighted by molar-refractivity contribution is -0.115. The largest absolute Gasteiger partial charge is 0.478 e. The van der Waals surface area contributed by atoms with Crippen molar-refractivity contribution in [2.24, 2.45) is 4.99 Å². The number of carboxylic acid groups (broad SMARTS) is 1. The van der Waals surface area contributed by atoms with E-state index in [0.717, 1.165) is 43.6 Å². The van der Waals surface area contributed by atoms with Gasteiger partial charge in [-0.25, -0.2) is 9.79 Å². The molecular formula is C19H22ClN3O3. The van der Waals surface area contributed by atoms with Gasteiger partial charge < -0.3 is 15.3 Å². The van der Waals surface area contributed by atoms with Crippen LogP contribution in [0.1, 0.15) is 43.0 Å². The van der Waals surface area contributed by atoms with Crippen molar-refractivity contribution in [3.63, 3.8) is 0 Å². The average molecular weight is 376 g/mol.